The molecule has 0 saturated heterocycles. The molecule has 0 radical (unpaired) electrons. The monoisotopic (exact) mass is 317 g/mol. The van der Waals surface area contributed by atoms with Crippen molar-refractivity contribution in [2.24, 2.45) is 11.8 Å². The van der Waals surface area contributed by atoms with Gasteiger partial charge in [0.2, 0.25) is 0 Å². The first-order chi connectivity index (χ1) is 11.5. The Labute approximate surface area is 142 Å². The van der Waals surface area contributed by atoms with Crippen molar-refractivity contribution in [1.82, 2.24) is 0 Å². The molecule has 24 heavy (non-hydrogen) atoms. The van der Waals surface area contributed by atoms with E-state index in [2.05, 4.69) is 43.5 Å². The van der Waals surface area contributed by atoms with E-state index in [9.17, 15) is 10.5 Å². The second-order valence-corrected chi connectivity index (χ2v) is 6.82. The Morgan fingerprint density at radius 2 is 2.00 bits per heavy atom. The fraction of sp³-hybridized carbons (Fsp3) is 0.350. The number of quaternary nitrogens is 1. The highest BCUT2D eigenvalue weighted by molar-refractivity contribution is 6.14. The Bertz CT molecular complexity index is 861. The number of nitrogens with one attached hydrogen (secondary N) is 2. The molecular weight excluding hydrogens is 296 g/mol. The number of rotatable bonds is 1. The maximum atomic E-state index is 9.74. The highest BCUT2D eigenvalue weighted by Gasteiger charge is 2.41. The lowest BCUT2D eigenvalue weighted by Gasteiger charge is -2.37. The Balaban J connectivity index is 2.31. The van der Waals surface area contributed by atoms with Gasteiger partial charge in [0, 0.05) is 0 Å². The molecular formula is C20H21N4+. The van der Waals surface area contributed by atoms with Gasteiger partial charge in [-0.05, 0) is 42.2 Å². The van der Waals surface area contributed by atoms with Crippen molar-refractivity contribution in [1.29, 1.82) is 15.9 Å². The number of likely N-dealkylation sites (N-methyl/N-ethyl adjacent to an activating group) is 1. The summed E-state index contributed by atoms with van der Waals surface area (Å²) in [5, 5.41) is 27.7. The van der Waals surface area contributed by atoms with Crippen LogP contribution in [0.5, 0.6) is 0 Å². The molecule has 1 heterocycles. The number of hydrogen-bond donors (Lipinski definition) is 2. The van der Waals surface area contributed by atoms with Gasteiger partial charge in [-0.25, -0.2) is 0 Å². The number of fused-ring (bicyclic) bond motifs is 1. The molecule has 4 heteroatoms. The predicted molar refractivity (Wildman–Crippen MR) is 93.5 cm³/mol. The predicted octanol–water partition coefficient (Wildman–Crippen LogP) is 1.82. The quantitative estimate of drug-likeness (QED) is 0.775. The third-order valence-corrected chi connectivity index (χ3v) is 5.07. The minimum absolute atomic E-state index is 0.0349. The zero-order valence-corrected chi connectivity index (χ0v) is 14.3. The van der Waals surface area contributed by atoms with Crippen molar-refractivity contribution in [2.75, 3.05) is 20.1 Å². The van der Waals surface area contributed by atoms with Gasteiger partial charge in [-0.1, -0.05) is 23.8 Å². The van der Waals surface area contributed by atoms with Crippen LogP contribution in [0.15, 0.2) is 35.4 Å². The lowest BCUT2D eigenvalue weighted by Crippen LogP contribution is -3.10. The number of nitriles is 2. The first kappa shape index (κ1) is 16.2. The molecule has 120 valence electrons. The minimum Gasteiger partial charge on any atom is -0.333 e. The SMILES string of the molecule is Cc1ccc(C)c(C2=C(C#N)C(=N)C(C#N)C3=CC[NH+](C)C[C@H]32)c1. The smallest absolute Gasteiger partial charge is 0.111 e. The molecule has 1 aromatic rings. The first-order valence-electron chi connectivity index (χ1n) is 8.19. The molecule has 2 unspecified atom stereocenters. The second-order valence-electron chi connectivity index (χ2n) is 6.82. The van der Waals surface area contributed by atoms with Gasteiger partial charge in [0.15, 0.2) is 0 Å². The second kappa shape index (κ2) is 6.07. The van der Waals surface area contributed by atoms with Gasteiger partial charge in [-0.15, -0.1) is 0 Å². The summed E-state index contributed by atoms with van der Waals surface area (Å²) in [5.74, 6) is -0.556. The van der Waals surface area contributed by atoms with E-state index >= 15 is 0 Å². The van der Waals surface area contributed by atoms with Gasteiger partial charge in [-0.3, -0.25) is 0 Å². The largest absolute Gasteiger partial charge is 0.333 e. The molecule has 1 aliphatic heterocycles. The van der Waals surface area contributed by atoms with Crippen LogP contribution in [0.4, 0.5) is 0 Å². The Morgan fingerprint density at radius 3 is 2.67 bits per heavy atom. The Morgan fingerprint density at radius 1 is 1.25 bits per heavy atom. The lowest BCUT2D eigenvalue weighted by atomic mass is 9.68. The number of benzene rings is 1. The summed E-state index contributed by atoms with van der Waals surface area (Å²) in [4.78, 5) is 1.36. The number of aryl methyl sites for hydroxylation is 2. The summed E-state index contributed by atoms with van der Waals surface area (Å²) < 4.78 is 0. The van der Waals surface area contributed by atoms with Crippen molar-refractivity contribution in [2.45, 2.75) is 13.8 Å². The van der Waals surface area contributed by atoms with Gasteiger partial charge in [0.25, 0.3) is 0 Å². The highest BCUT2D eigenvalue weighted by atomic mass is 15.1. The zero-order valence-electron chi connectivity index (χ0n) is 14.3. The summed E-state index contributed by atoms with van der Waals surface area (Å²) in [6.45, 7) is 5.79. The first-order valence-corrected chi connectivity index (χ1v) is 8.19. The van der Waals surface area contributed by atoms with Gasteiger partial charge in [0.1, 0.15) is 12.0 Å². The lowest BCUT2D eigenvalue weighted by molar-refractivity contribution is -0.877. The molecule has 0 saturated carbocycles. The van der Waals surface area contributed by atoms with E-state index in [0.717, 1.165) is 40.9 Å². The van der Waals surface area contributed by atoms with Crippen molar-refractivity contribution in [3.63, 3.8) is 0 Å². The van der Waals surface area contributed by atoms with Gasteiger partial charge < -0.3 is 10.3 Å². The van der Waals surface area contributed by atoms with Crippen molar-refractivity contribution < 1.29 is 4.90 Å². The molecule has 1 aliphatic carbocycles. The average molecular weight is 317 g/mol. The molecule has 0 aromatic heterocycles. The maximum Gasteiger partial charge on any atom is 0.111 e. The maximum absolute atomic E-state index is 9.74. The fourth-order valence-corrected chi connectivity index (χ4v) is 3.81. The average Bonchev–Trinajstić information content (AvgIpc) is 2.56. The number of allylic oxidation sites excluding steroid dienone is 1. The fourth-order valence-electron chi connectivity index (χ4n) is 3.81. The van der Waals surface area contributed by atoms with Crippen LogP contribution in [0.3, 0.4) is 0 Å². The molecule has 3 rings (SSSR count). The van der Waals surface area contributed by atoms with Crippen LogP contribution < -0.4 is 4.90 Å². The highest BCUT2D eigenvalue weighted by Crippen LogP contribution is 2.42. The van der Waals surface area contributed by atoms with Crippen molar-refractivity contribution in [3.05, 3.63) is 52.1 Å². The summed E-state index contributed by atoms with van der Waals surface area (Å²) in [6, 6.07) is 10.7. The van der Waals surface area contributed by atoms with E-state index in [0.29, 0.717) is 5.57 Å². The third-order valence-electron chi connectivity index (χ3n) is 5.07. The van der Waals surface area contributed by atoms with E-state index in [4.69, 9.17) is 5.41 Å². The van der Waals surface area contributed by atoms with Crippen molar-refractivity contribution in [3.8, 4) is 12.1 Å². The molecule has 1 aromatic carbocycles. The third kappa shape index (κ3) is 2.46. The topological polar surface area (TPSA) is 75.9 Å². The van der Waals surface area contributed by atoms with Gasteiger partial charge in [0.05, 0.1) is 43.4 Å². The molecule has 0 amide bonds. The van der Waals surface area contributed by atoms with E-state index in [1.807, 2.05) is 13.8 Å². The summed E-state index contributed by atoms with van der Waals surface area (Å²) in [6.07, 6.45) is 2.10. The minimum atomic E-state index is -0.591. The molecule has 0 bridgehead atoms. The molecule has 2 N–H and O–H groups in total. The van der Waals surface area contributed by atoms with Gasteiger partial charge in [-0.2, -0.15) is 10.5 Å². The van der Waals surface area contributed by atoms with Crippen LogP contribution in [0, 0.1) is 53.8 Å². The van der Waals surface area contributed by atoms with Crippen LogP contribution >= 0.6 is 0 Å². The van der Waals surface area contributed by atoms with Crippen LogP contribution in [0.25, 0.3) is 5.57 Å². The molecule has 3 atom stereocenters. The molecule has 2 aliphatic rings. The summed E-state index contributed by atoms with van der Waals surface area (Å²) >= 11 is 0. The van der Waals surface area contributed by atoms with E-state index in [1.165, 1.54) is 4.90 Å². The normalized spacial score (nSPS) is 26.3. The van der Waals surface area contributed by atoms with Crippen LogP contribution in [-0.2, 0) is 0 Å². The Kier molecular flexibility index (Phi) is 4.09. The molecule has 0 fully saturated rings. The van der Waals surface area contributed by atoms with Crippen molar-refractivity contribution >= 4 is 11.3 Å². The van der Waals surface area contributed by atoms with E-state index < -0.39 is 5.92 Å². The number of nitrogens with zero attached hydrogens (tertiary/aromatic N) is 2. The van der Waals surface area contributed by atoms with Crippen LogP contribution in [-0.4, -0.2) is 25.8 Å². The molecule has 4 nitrogen and oxygen atoms in total. The zero-order chi connectivity index (χ0) is 17.4. The summed E-state index contributed by atoms with van der Waals surface area (Å²) in [5.41, 5.74) is 5.75. The van der Waals surface area contributed by atoms with Gasteiger partial charge >= 0.3 is 0 Å². The Hall–Kier alpha value is -2.69. The molecule has 0 spiro atoms. The van der Waals surface area contributed by atoms with E-state index in [1.54, 1.807) is 0 Å². The number of hydrogen-bond acceptors (Lipinski definition) is 3. The van der Waals surface area contributed by atoms with Crippen LogP contribution in [0.1, 0.15) is 16.7 Å². The van der Waals surface area contributed by atoms with Crippen LogP contribution in [0.2, 0.25) is 0 Å². The summed E-state index contributed by atoms with van der Waals surface area (Å²) in [7, 11) is 2.13. The standard InChI is InChI=1S/C20H20N4/c1-12-4-5-13(2)15(8-12)19-17(10-22)20(23)16(9-21)14-6-7-24(3)11-18(14)19/h4-6,8,16,18,23H,7,11H2,1-3H3/p+1/t16?,18-/m1/s1. The van der Waals surface area contributed by atoms with E-state index in [-0.39, 0.29) is 11.6 Å².